The molecule has 0 rings (SSSR count). The first-order valence-corrected chi connectivity index (χ1v) is 37.1. The van der Waals surface area contributed by atoms with Gasteiger partial charge in [-0.05, 0) is 32.1 Å². The predicted molar refractivity (Wildman–Crippen MR) is 355 cm³/mol. The summed E-state index contributed by atoms with van der Waals surface area (Å²) in [5, 5.41) is 23.3. The quantitative estimate of drug-likeness (QED) is 0.0420. The molecule has 0 aromatic rings. The molecule has 4 nitrogen and oxygen atoms in total. The third kappa shape index (κ3) is 67.5. The number of carbonyl (C=O) groups excluding carboxylic acids is 1. The molecule has 0 aliphatic rings. The van der Waals surface area contributed by atoms with E-state index >= 15 is 0 Å². The van der Waals surface area contributed by atoms with Crippen molar-refractivity contribution in [1.29, 1.82) is 0 Å². The summed E-state index contributed by atoms with van der Waals surface area (Å²) in [6.07, 6.45) is 97.4. The lowest BCUT2D eigenvalue weighted by Crippen LogP contribution is -2.45. The summed E-state index contributed by atoms with van der Waals surface area (Å²) in [5.41, 5.74) is 0. The average Bonchev–Trinajstić information content (AvgIpc) is 3.45. The number of aliphatic hydroxyl groups excluding tert-OH is 2. The third-order valence-electron chi connectivity index (χ3n) is 17.7. The van der Waals surface area contributed by atoms with Gasteiger partial charge in [-0.3, -0.25) is 4.79 Å². The van der Waals surface area contributed by atoms with E-state index in [9.17, 15) is 15.0 Å². The highest BCUT2D eigenvalue weighted by atomic mass is 16.3. The summed E-state index contributed by atoms with van der Waals surface area (Å²) in [6.45, 7) is 4.35. The van der Waals surface area contributed by atoms with Crippen LogP contribution in [0.25, 0.3) is 0 Å². The number of rotatable bonds is 70. The van der Waals surface area contributed by atoms with Crippen molar-refractivity contribution in [1.82, 2.24) is 5.32 Å². The van der Waals surface area contributed by atoms with Gasteiger partial charge in [0.15, 0.2) is 0 Å². The van der Waals surface area contributed by atoms with Gasteiger partial charge in [-0.1, -0.05) is 417 Å². The molecule has 79 heavy (non-hydrogen) atoms. The topological polar surface area (TPSA) is 69.6 Å². The largest absolute Gasteiger partial charge is 0.394 e. The minimum Gasteiger partial charge on any atom is -0.394 e. The van der Waals surface area contributed by atoms with Crippen LogP contribution in [0, 0.1) is 0 Å². The lowest BCUT2D eigenvalue weighted by Gasteiger charge is -2.19. The van der Waals surface area contributed by atoms with E-state index in [0.717, 1.165) is 32.1 Å². The molecule has 0 radical (unpaired) electrons. The molecule has 0 heterocycles. The first-order chi connectivity index (χ1) is 39.2. The summed E-state index contributed by atoms with van der Waals surface area (Å²) in [7, 11) is 0. The third-order valence-corrected chi connectivity index (χ3v) is 17.7. The van der Waals surface area contributed by atoms with Crippen LogP contribution in [0.3, 0.4) is 0 Å². The van der Waals surface area contributed by atoms with E-state index in [0.29, 0.717) is 6.42 Å². The van der Waals surface area contributed by atoms with Crippen molar-refractivity contribution < 1.29 is 15.0 Å². The SMILES string of the molecule is CCCCCCCCCCCCCCCCCCCCCC/C=C/CC/C=C/C(O)C(CO)NC(=O)CCCCCCCCCCCCCCCCCCCCCCCCCCCCCCCCCCCCCCCCCCC. The Morgan fingerprint density at radius 2 is 0.494 bits per heavy atom. The highest BCUT2D eigenvalue weighted by molar-refractivity contribution is 5.76. The maximum atomic E-state index is 12.5. The Morgan fingerprint density at radius 3 is 0.734 bits per heavy atom. The van der Waals surface area contributed by atoms with Gasteiger partial charge in [0.2, 0.25) is 5.91 Å². The molecule has 4 heteroatoms. The number of allylic oxidation sites excluding steroid dienone is 3. The molecule has 0 aromatic heterocycles. The van der Waals surface area contributed by atoms with Gasteiger partial charge in [0.25, 0.3) is 0 Å². The second-order valence-electron chi connectivity index (χ2n) is 25.7. The molecule has 1 amide bonds. The van der Waals surface area contributed by atoms with E-state index in [1.165, 1.54) is 379 Å². The van der Waals surface area contributed by atoms with Crippen LogP contribution >= 0.6 is 0 Å². The summed E-state index contributed by atoms with van der Waals surface area (Å²) < 4.78 is 0. The molecule has 0 fully saturated rings. The zero-order chi connectivity index (χ0) is 56.9. The van der Waals surface area contributed by atoms with Crippen LogP contribution < -0.4 is 5.32 Å². The number of hydrogen-bond donors (Lipinski definition) is 3. The Hall–Kier alpha value is -1.13. The minimum atomic E-state index is -0.861. The number of amides is 1. The number of carbonyl (C=O) groups is 1. The molecule has 0 aromatic carbocycles. The Balaban J connectivity index is 3.38. The predicted octanol–water partition coefficient (Wildman–Crippen LogP) is 25.3. The van der Waals surface area contributed by atoms with Gasteiger partial charge in [0.1, 0.15) is 0 Å². The van der Waals surface area contributed by atoms with Crippen LogP contribution in [0.5, 0.6) is 0 Å². The van der Waals surface area contributed by atoms with E-state index in [4.69, 9.17) is 0 Å². The normalized spacial score (nSPS) is 12.7. The molecule has 0 aliphatic heterocycles. The summed E-state index contributed by atoms with van der Waals surface area (Å²) in [5.74, 6) is -0.0637. The number of aliphatic hydroxyl groups is 2. The molecule has 2 unspecified atom stereocenters. The van der Waals surface area contributed by atoms with Crippen molar-refractivity contribution in [2.75, 3.05) is 6.61 Å². The number of nitrogens with one attached hydrogen (secondary N) is 1. The van der Waals surface area contributed by atoms with Gasteiger partial charge in [-0.15, -0.1) is 0 Å². The second-order valence-corrected chi connectivity index (χ2v) is 25.7. The fourth-order valence-corrected chi connectivity index (χ4v) is 12.1. The summed E-state index contributed by atoms with van der Waals surface area (Å²) >= 11 is 0. The second kappa shape index (κ2) is 71.1. The molecule has 2 atom stereocenters. The van der Waals surface area contributed by atoms with Crippen molar-refractivity contribution in [2.45, 2.75) is 443 Å². The smallest absolute Gasteiger partial charge is 0.220 e. The van der Waals surface area contributed by atoms with Crippen LogP contribution in [0.15, 0.2) is 24.3 Å². The summed E-state index contributed by atoms with van der Waals surface area (Å²) in [4.78, 5) is 12.5. The first-order valence-electron chi connectivity index (χ1n) is 37.1. The van der Waals surface area contributed by atoms with Crippen LogP contribution in [0.4, 0.5) is 0 Å². The Morgan fingerprint density at radius 1 is 0.291 bits per heavy atom. The average molecular weight is 1110 g/mol. The van der Waals surface area contributed by atoms with Gasteiger partial charge < -0.3 is 15.5 Å². The van der Waals surface area contributed by atoms with Crippen molar-refractivity contribution in [3.63, 3.8) is 0 Å². The van der Waals surface area contributed by atoms with Gasteiger partial charge in [0, 0.05) is 6.42 Å². The lowest BCUT2D eigenvalue weighted by atomic mass is 10.0. The molecular formula is C75H147NO3. The Labute approximate surface area is 498 Å². The van der Waals surface area contributed by atoms with Crippen LogP contribution in [-0.4, -0.2) is 34.9 Å². The highest BCUT2D eigenvalue weighted by Gasteiger charge is 2.18. The zero-order valence-corrected chi connectivity index (χ0v) is 54.4. The van der Waals surface area contributed by atoms with Crippen LogP contribution in [0.1, 0.15) is 431 Å². The lowest BCUT2D eigenvalue weighted by molar-refractivity contribution is -0.123. The van der Waals surface area contributed by atoms with E-state index in [-0.39, 0.29) is 12.5 Å². The van der Waals surface area contributed by atoms with Crippen molar-refractivity contribution in [3.05, 3.63) is 24.3 Å². The standard InChI is InChI=1S/C75H147NO3/c1-3-5-7-9-11-13-15-17-19-21-23-25-27-29-31-32-33-34-35-36-37-38-39-40-41-42-43-44-45-47-49-51-53-55-57-59-61-63-65-67-69-71-75(79)76-73(72-77)74(78)70-68-66-64-62-60-58-56-54-52-50-48-46-30-28-26-24-22-20-18-16-14-12-10-8-6-4-2/h60,62,68,70,73-74,77-78H,3-59,61,63-67,69,71-72H2,1-2H3,(H,76,79)/b62-60+,70-68+. The molecule has 0 aliphatic carbocycles. The van der Waals surface area contributed by atoms with E-state index in [1.54, 1.807) is 6.08 Å². The van der Waals surface area contributed by atoms with Gasteiger partial charge in [-0.25, -0.2) is 0 Å². The Kier molecular flexibility index (Phi) is 70.1. The van der Waals surface area contributed by atoms with Crippen molar-refractivity contribution in [3.8, 4) is 0 Å². The van der Waals surface area contributed by atoms with Gasteiger partial charge >= 0.3 is 0 Å². The highest BCUT2D eigenvalue weighted by Crippen LogP contribution is 2.20. The van der Waals surface area contributed by atoms with E-state index in [1.807, 2.05) is 6.08 Å². The monoisotopic (exact) mass is 1110 g/mol. The molecule has 0 saturated heterocycles. The molecule has 3 N–H and O–H groups in total. The molecule has 0 bridgehead atoms. The molecule has 0 spiro atoms. The maximum absolute atomic E-state index is 12.5. The number of hydrogen-bond acceptors (Lipinski definition) is 3. The molecule has 470 valence electrons. The molecule has 0 saturated carbocycles. The van der Waals surface area contributed by atoms with Gasteiger partial charge in [0.05, 0.1) is 18.8 Å². The minimum absolute atomic E-state index is 0.0637. The van der Waals surface area contributed by atoms with E-state index in [2.05, 4.69) is 31.3 Å². The van der Waals surface area contributed by atoms with Gasteiger partial charge in [-0.2, -0.15) is 0 Å². The van der Waals surface area contributed by atoms with Crippen molar-refractivity contribution >= 4 is 5.91 Å². The van der Waals surface area contributed by atoms with Crippen molar-refractivity contribution in [2.24, 2.45) is 0 Å². The maximum Gasteiger partial charge on any atom is 0.220 e. The first kappa shape index (κ1) is 77.9. The molecular weight excluding hydrogens is 963 g/mol. The van der Waals surface area contributed by atoms with E-state index < -0.39 is 12.1 Å². The zero-order valence-electron chi connectivity index (χ0n) is 54.4. The van der Waals surface area contributed by atoms with Crippen LogP contribution in [0.2, 0.25) is 0 Å². The fraction of sp³-hybridized carbons (Fsp3) is 0.933. The Bertz CT molecular complexity index is 1170. The number of unbranched alkanes of at least 4 members (excludes halogenated alkanes) is 61. The fourth-order valence-electron chi connectivity index (χ4n) is 12.1. The van der Waals surface area contributed by atoms with Crippen LogP contribution in [-0.2, 0) is 4.79 Å². The summed E-state index contributed by atoms with van der Waals surface area (Å²) in [6, 6.07) is -0.638.